The molecule has 0 atom stereocenters. The van der Waals surface area contributed by atoms with E-state index < -0.39 is 54.3 Å². The first-order valence-electron chi connectivity index (χ1n) is 5.53. The zero-order valence-corrected chi connectivity index (χ0v) is 11.2. The Morgan fingerprint density at radius 3 is 1.58 bits per heavy atom. The summed E-state index contributed by atoms with van der Waals surface area (Å²) in [5.41, 5.74) is 0. The molecule has 0 aliphatic heterocycles. The molecule has 0 spiro atoms. The molecule has 0 bridgehead atoms. The van der Waals surface area contributed by atoms with E-state index in [9.17, 15) is 53.1 Å². The third kappa shape index (κ3) is 3.36. The van der Waals surface area contributed by atoms with Crippen molar-refractivity contribution in [2.45, 2.75) is 36.8 Å². The maximum absolute atomic E-state index is 13.4. The second kappa shape index (κ2) is 6.27. The second-order valence-electron chi connectivity index (χ2n) is 4.08. The van der Waals surface area contributed by atoms with Gasteiger partial charge in [-0.05, 0) is 6.92 Å². The van der Waals surface area contributed by atoms with Crippen molar-refractivity contribution in [2.24, 2.45) is 0 Å². The molecule has 142 valence electrons. The van der Waals surface area contributed by atoms with Crippen molar-refractivity contribution in [1.82, 2.24) is 0 Å². The van der Waals surface area contributed by atoms with Crippen LogP contribution in [-0.4, -0.2) is 47.5 Å². The molecule has 14 heteroatoms. The van der Waals surface area contributed by atoms with Crippen LogP contribution in [0.2, 0.25) is 0 Å². The Kier molecular flexibility index (Phi) is 5.81. The van der Waals surface area contributed by atoms with Crippen LogP contribution in [-0.2, 0) is 9.53 Å². The molecule has 0 rings (SSSR count). The lowest BCUT2D eigenvalue weighted by molar-refractivity contribution is -0.420. The molecule has 0 heterocycles. The van der Waals surface area contributed by atoms with Gasteiger partial charge < -0.3 is 9.84 Å². The van der Waals surface area contributed by atoms with E-state index in [-0.39, 0.29) is 0 Å². The molecule has 0 saturated carbocycles. The van der Waals surface area contributed by atoms with E-state index in [4.69, 9.17) is 5.11 Å². The maximum atomic E-state index is 13.4. The van der Waals surface area contributed by atoms with E-state index in [1.807, 2.05) is 0 Å². The molecule has 0 amide bonds. The number of halogens is 11. The van der Waals surface area contributed by atoms with Gasteiger partial charge in [0.15, 0.2) is 5.76 Å². The fraction of sp³-hybridized carbons (Fsp3) is 0.700. The smallest absolute Gasteiger partial charge is 0.460 e. The van der Waals surface area contributed by atoms with Crippen LogP contribution in [0.4, 0.5) is 48.3 Å². The number of carbonyl (C=O) groups is 1. The third-order valence-corrected chi connectivity index (χ3v) is 2.40. The van der Waals surface area contributed by atoms with E-state index >= 15 is 0 Å². The highest BCUT2D eigenvalue weighted by Gasteiger charge is 2.88. The second-order valence-corrected chi connectivity index (χ2v) is 4.08. The first kappa shape index (κ1) is 22.2. The first-order valence-corrected chi connectivity index (χ1v) is 5.53. The molecule has 0 aliphatic carbocycles. The fourth-order valence-electron chi connectivity index (χ4n) is 1.22. The Hall–Kier alpha value is -1.76. The highest BCUT2D eigenvalue weighted by molar-refractivity contribution is 5.80. The van der Waals surface area contributed by atoms with Gasteiger partial charge in [0, 0.05) is 0 Å². The monoisotopic (exact) mass is 384 g/mol. The van der Waals surface area contributed by atoms with Gasteiger partial charge in [-0.3, -0.25) is 0 Å². The lowest BCUT2D eigenvalue weighted by Crippen LogP contribution is -2.66. The molecule has 0 aliphatic rings. The zero-order chi connectivity index (χ0) is 19.8. The van der Waals surface area contributed by atoms with E-state index in [0.717, 1.165) is 6.92 Å². The normalized spacial score (nSPS) is 15.4. The van der Waals surface area contributed by atoms with E-state index in [1.165, 1.54) is 0 Å². The number of hydrogen-bond donors (Lipinski definition) is 1. The summed E-state index contributed by atoms with van der Waals surface area (Å²) in [6.07, 6.45) is -8.16. The minimum absolute atomic E-state index is 0.798. The van der Waals surface area contributed by atoms with Gasteiger partial charge >= 0.3 is 35.8 Å². The van der Waals surface area contributed by atoms with Gasteiger partial charge in [0.05, 0.1) is 12.7 Å². The lowest BCUT2D eigenvalue weighted by atomic mass is 9.96. The quantitative estimate of drug-likeness (QED) is 0.409. The number of carboxylic acids is 1. The molecule has 0 aromatic heterocycles. The molecular formula is C10H7F11O3. The van der Waals surface area contributed by atoms with Crippen molar-refractivity contribution in [2.75, 3.05) is 6.61 Å². The highest BCUT2D eigenvalue weighted by Crippen LogP contribution is 2.58. The average molecular weight is 384 g/mol. The van der Waals surface area contributed by atoms with Crippen LogP contribution in [0.25, 0.3) is 0 Å². The van der Waals surface area contributed by atoms with E-state index in [1.54, 1.807) is 0 Å². The van der Waals surface area contributed by atoms with Gasteiger partial charge in [-0.1, -0.05) is 0 Å². The number of alkyl halides is 11. The van der Waals surface area contributed by atoms with Crippen molar-refractivity contribution in [3.05, 3.63) is 11.8 Å². The molecule has 0 fully saturated rings. The minimum atomic E-state index is -7.63. The highest BCUT2D eigenvalue weighted by atomic mass is 19.4. The number of aliphatic carboxylic acids is 1. The molecule has 0 unspecified atom stereocenters. The summed E-state index contributed by atoms with van der Waals surface area (Å²) >= 11 is 0. The van der Waals surface area contributed by atoms with Crippen molar-refractivity contribution >= 4 is 5.97 Å². The van der Waals surface area contributed by atoms with Gasteiger partial charge in [0.25, 0.3) is 0 Å². The predicted octanol–water partition coefficient (Wildman–Crippen LogP) is 4.09. The van der Waals surface area contributed by atoms with Crippen molar-refractivity contribution in [3.8, 4) is 0 Å². The molecule has 1 N–H and O–H groups in total. The average Bonchev–Trinajstić information content (AvgIpc) is 2.35. The SMILES string of the molecule is CCO/C(=C/C(=O)O)C(F)(F)C(F)(F)C(F)(F)C(F)(F)C(F)(F)F. The largest absolute Gasteiger partial charge is 0.491 e. The van der Waals surface area contributed by atoms with Crippen molar-refractivity contribution in [1.29, 1.82) is 0 Å². The van der Waals surface area contributed by atoms with Crippen molar-refractivity contribution in [3.63, 3.8) is 0 Å². The topological polar surface area (TPSA) is 46.5 Å². The van der Waals surface area contributed by atoms with Gasteiger partial charge in [-0.15, -0.1) is 0 Å². The molecule has 24 heavy (non-hydrogen) atoms. The summed E-state index contributed by atoms with van der Waals surface area (Å²) in [6.45, 7) is -0.210. The predicted molar refractivity (Wildman–Crippen MR) is 53.2 cm³/mol. The van der Waals surface area contributed by atoms with Gasteiger partial charge in [0.1, 0.15) is 0 Å². The van der Waals surface area contributed by atoms with E-state index in [0.29, 0.717) is 0 Å². The summed E-state index contributed by atoms with van der Waals surface area (Å²) in [5, 5.41) is 8.18. The Labute approximate surface area is 125 Å². The van der Waals surface area contributed by atoms with Crippen LogP contribution < -0.4 is 0 Å². The van der Waals surface area contributed by atoms with Crippen LogP contribution in [0.3, 0.4) is 0 Å². The molecule has 0 saturated heterocycles. The summed E-state index contributed by atoms with van der Waals surface area (Å²) in [4.78, 5) is 10.2. The Balaban J connectivity index is 6.32. The van der Waals surface area contributed by atoms with Gasteiger partial charge in [-0.2, -0.15) is 48.3 Å². The number of carboxylic acid groups (broad SMARTS) is 1. The van der Waals surface area contributed by atoms with Crippen LogP contribution in [0.1, 0.15) is 6.92 Å². The molecule has 0 radical (unpaired) electrons. The molecule has 3 nitrogen and oxygen atoms in total. The Morgan fingerprint density at radius 1 is 0.875 bits per heavy atom. The molecule has 0 aromatic rings. The summed E-state index contributed by atoms with van der Waals surface area (Å²) in [7, 11) is 0. The van der Waals surface area contributed by atoms with Crippen LogP contribution in [0.15, 0.2) is 11.8 Å². The van der Waals surface area contributed by atoms with Crippen LogP contribution in [0, 0.1) is 0 Å². The Bertz CT molecular complexity index is 507. The van der Waals surface area contributed by atoms with Crippen LogP contribution >= 0.6 is 0 Å². The number of allylic oxidation sites excluding steroid dienone is 1. The maximum Gasteiger partial charge on any atom is 0.460 e. The van der Waals surface area contributed by atoms with E-state index in [2.05, 4.69) is 4.74 Å². The summed E-state index contributed by atoms with van der Waals surface area (Å²) < 4.78 is 144. The molecular weight excluding hydrogens is 377 g/mol. The lowest BCUT2D eigenvalue weighted by Gasteiger charge is -2.37. The Morgan fingerprint density at radius 2 is 1.29 bits per heavy atom. The minimum Gasteiger partial charge on any atom is -0.491 e. The zero-order valence-electron chi connectivity index (χ0n) is 11.2. The van der Waals surface area contributed by atoms with Crippen molar-refractivity contribution < 1.29 is 62.9 Å². The number of rotatable bonds is 7. The summed E-state index contributed by atoms with van der Waals surface area (Å²) in [5.74, 6) is -34.2. The third-order valence-electron chi connectivity index (χ3n) is 2.40. The van der Waals surface area contributed by atoms with Crippen LogP contribution in [0.5, 0.6) is 0 Å². The first-order chi connectivity index (χ1) is 10.4. The molecule has 0 aromatic carbocycles. The summed E-state index contributed by atoms with van der Waals surface area (Å²) in [6, 6.07) is 0. The number of hydrogen-bond acceptors (Lipinski definition) is 2. The standard InChI is InChI=1S/C10H7F11O3/c1-2-24-4(3-5(22)23)6(11,12)7(13,14)8(15,16)9(17,18)10(19,20)21/h3H,2H2,1H3,(H,22,23)/b4-3+. The van der Waals surface area contributed by atoms with Gasteiger partial charge in [0.2, 0.25) is 0 Å². The van der Waals surface area contributed by atoms with Gasteiger partial charge in [-0.25, -0.2) is 4.79 Å². The number of ether oxygens (including phenoxy) is 1. The fourth-order valence-corrected chi connectivity index (χ4v) is 1.22.